The van der Waals surface area contributed by atoms with E-state index in [1.54, 1.807) is 6.08 Å². The Labute approximate surface area is 389 Å². The number of hydrogen-bond donors (Lipinski definition) is 2. The van der Waals surface area contributed by atoms with E-state index in [2.05, 4.69) is 42.8 Å². The van der Waals surface area contributed by atoms with Crippen molar-refractivity contribution in [2.75, 3.05) is 59.0 Å². The molecule has 0 saturated heterocycles. The van der Waals surface area contributed by atoms with Gasteiger partial charge in [0.1, 0.15) is 0 Å². The van der Waals surface area contributed by atoms with E-state index in [1.165, 1.54) is 251 Å². The third-order valence-corrected chi connectivity index (χ3v) is 13.2. The minimum Gasteiger partial charge on any atom is -0.463 e. The fourth-order valence-corrected chi connectivity index (χ4v) is 8.94. The molecule has 1 unspecified atom stereocenters. The highest BCUT2D eigenvalue weighted by atomic mass is 16.5. The number of nitrogens with zero attached hydrogens (tertiary/aromatic N) is 2. The second kappa shape index (κ2) is 52.7. The Kier molecular flexibility index (Phi) is 51.9. The fraction of sp³-hybridized carbons (Fsp3) is 0.946. The van der Waals surface area contributed by atoms with Crippen molar-refractivity contribution in [2.45, 2.75) is 284 Å². The van der Waals surface area contributed by atoms with Crippen molar-refractivity contribution < 1.29 is 14.6 Å². The molecular weight excluding hydrogens is 763 g/mol. The first kappa shape index (κ1) is 61.0. The molecule has 1 atom stereocenters. The summed E-state index contributed by atoms with van der Waals surface area (Å²) in [5, 5.41) is 14.4. The molecule has 0 amide bonds. The van der Waals surface area contributed by atoms with Gasteiger partial charge in [0.25, 0.3) is 0 Å². The molecule has 0 aliphatic carbocycles. The van der Waals surface area contributed by atoms with Crippen LogP contribution in [0.2, 0.25) is 0 Å². The number of aliphatic hydroxyl groups excluding tert-OH is 1. The van der Waals surface area contributed by atoms with E-state index in [9.17, 15) is 9.90 Å². The van der Waals surface area contributed by atoms with Crippen LogP contribution >= 0.6 is 0 Å². The van der Waals surface area contributed by atoms with Gasteiger partial charge in [-0.3, -0.25) is 0 Å². The summed E-state index contributed by atoms with van der Waals surface area (Å²) < 4.78 is 5.43. The molecule has 0 aliphatic heterocycles. The highest BCUT2D eigenvalue weighted by molar-refractivity contribution is 5.81. The highest BCUT2D eigenvalue weighted by Crippen LogP contribution is 2.15. The number of aliphatic hydroxyl groups is 1. The number of rotatable bonds is 53. The van der Waals surface area contributed by atoms with Gasteiger partial charge in [-0.1, -0.05) is 252 Å². The maximum atomic E-state index is 12.2. The molecule has 62 heavy (non-hydrogen) atoms. The number of carbonyl (C=O) groups excluding carboxylic acids is 1. The predicted octanol–water partition coefficient (Wildman–Crippen LogP) is 15.9. The number of ether oxygens (including phenoxy) is 1. The average molecular weight is 877 g/mol. The van der Waals surface area contributed by atoms with Crippen LogP contribution in [0.4, 0.5) is 0 Å². The number of hydrogen-bond acceptors (Lipinski definition) is 6. The Morgan fingerprint density at radius 1 is 0.452 bits per heavy atom. The third-order valence-electron chi connectivity index (χ3n) is 13.2. The molecule has 0 heterocycles. The lowest BCUT2D eigenvalue weighted by Crippen LogP contribution is -2.39. The Balaban J connectivity index is 4.32. The van der Waals surface area contributed by atoms with Crippen molar-refractivity contribution in [3.8, 4) is 0 Å². The minimum absolute atomic E-state index is 0.254. The van der Waals surface area contributed by atoms with Gasteiger partial charge in [0, 0.05) is 25.7 Å². The number of unbranched alkanes of at least 4 members (excludes halogenated alkanes) is 35. The van der Waals surface area contributed by atoms with Crippen LogP contribution in [-0.4, -0.2) is 85.9 Å². The van der Waals surface area contributed by atoms with Gasteiger partial charge >= 0.3 is 5.97 Å². The minimum atomic E-state index is -0.416. The molecule has 0 aliphatic rings. The van der Waals surface area contributed by atoms with Crippen LogP contribution in [0.15, 0.2) is 12.2 Å². The van der Waals surface area contributed by atoms with E-state index in [4.69, 9.17) is 4.74 Å². The number of carbonyl (C=O) groups is 1. The second-order valence-corrected chi connectivity index (χ2v) is 19.3. The number of nitrogens with one attached hydrogen (secondary N) is 1. The summed E-state index contributed by atoms with van der Waals surface area (Å²) in [7, 11) is 0. The van der Waals surface area contributed by atoms with Gasteiger partial charge in [0.15, 0.2) is 0 Å². The molecule has 0 aromatic rings. The Morgan fingerprint density at radius 3 is 1.11 bits per heavy atom. The molecule has 0 aromatic carbocycles. The van der Waals surface area contributed by atoms with Crippen LogP contribution in [0.25, 0.3) is 0 Å². The molecule has 0 spiro atoms. The predicted molar refractivity (Wildman–Crippen MR) is 275 cm³/mol. The lowest BCUT2D eigenvalue weighted by atomic mass is 10.0. The SMILES string of the molecule is CCCCCCCCCCCCCCCOC(=O)/C=C/CNCC(O)CN(CCCCCCCCCCCCCC)CCCCN(CC)CCCCCCCCCCCCCC. The van der Waals surface area contributed by atoms with Gasteiger partial charge in [-0.2, -0.15) is 0 Å². The van der Waals surface area contributed by atoms with Gasteiger partial charge in [-0.15, -0.1) is 0 Å². The van der Waals surface area contributed by atoms with Crippen molar-refractivity contribution in [3.63, 3.8) is 0 Å². The summed E-state index contributed by atoms with van der Waals surface area (Å²) in [4.78, 5) is 17.4. The molecule has 0 saturated carbocycles. The molecule has 6 nitrogen and oxygen atoms in total. The summed E-state index contributed by atoms with van der Waals surface area (Å²) in [6.07, 6.45) is 55.8. The molecule has 0 rings (SSSR count). The third kappa shape index (κ3) is 48.5. The molecule has 6 heteroatoms. The van der Waals surface area contributed by atoms with Crippen molar-refractivity contribution in [2.24, 2.45) is 0 Å². The molecule has 2 N–H and O–H groups in total. The van der Waals surface area contributed by atoms with Crippen molar-refractivity contribution >= 4 is 5.97 Å². The smallest absolute Gasteiger partial charge is 0.330 e. The van der Waals surface area contributed by atoms with Gasteiger partial charge < -0.3 is 25.0 Å². The van der Waals surface area contributed by atoms with Gasteiger partial charge in [-0.05, 0) is 64.8 Å². The van der Waals surface area contributed by atoms with E-state index in [0.29, 0.717) is 26.2 Å². The highest BCUT2D eigenvalue weighted by Gasteiger charge is 2.12. The monoisotopic (exact) mass is 876 g/mol. The summed E-state index contributed by atoms with van der Waals surface area (Å²) in [5.41, 5.74) is 0. The van der Waals surface area contributed by atoms with E-state index in [0.717, 1.165) is 32.5 Å². The van der Waals surface area contributed by atoms with Crippen LogP contribution in [0, 0.1) is 0 Å². The summed E-state index contributed by atoms with van der Waals surface area (Å²) in [6.45, 7) is 17.3. The van der Waals surface area contributed by atoms with Crippen LogP contribution in [0.3, 0.4) is 0 Å². The fourth-order valence-electron chi connectivity index (χ4n) is 8.94. The van der Waals surface area contributed by atoms with E-state index in [-0.39, 0.29) is 5.97 Å². The molecular formula is C56H113N3O3. The zero-order valence-electron chi connectivity index (χ0n) is 42.8. The lowest BCUT2D eigenvalue weighted by Gasteiger charge is -2.26. The molecule has 0 fully saturated rings. The Morgan fingerprint density at radius 2 is 0.758 bits per heavy atom. The van der Waals surface area contributed by atoms with Crippen LogP contribution in [0.5, 0.6) is 0 Å². The maximum Gasteiger partial charge on any atom is 0.330 e. The van der Waals surface area contributed by atoms with Crippen molar-refractivity contribution in [3.05, 3.63) is 12.2 Å². The molecule has 0 bridgehead atoms. The Bertz CT molecular complexity index is 885. The first-order valence-corrected chi connectivity index (χ1v) is 28.2. The van der Waals surface area contributed by atoms with E-state index in [1.807, 2.05) is 6.08 Å². The zero-order chi connectivity index (χ0) is 45.1. The lowest BCUT2D eigenvalue weighted by molar-refractivity contribution is -0.137. The molecule has 0 radical (unpaired) electrons. The van der Waals surface area contributed by atoms with Crippen molar-refractivity contribution in [1.82, 2.24) is 15.1 Å². The number of esters is 1. The summed E-state index contributed by atoms with van der Waals surface area (Å²) >= 11 is 0. The zero-order valence-corrected chi connectivity index (χ0v) is 42.8. The van der Waals surface area contributed by atoms with Gasteiger partial charge in [0.2, 0.25) is 0 Å². The second-order valence-electron chi connectivity index (χ2n) is 19.3. The summed E-state index contributed by atoms with van der Waals surface area (Å²) in [5.74, 6) is -0.254. The average Bonchev–Trinajstić information content (AvgIpc) is 3.27. The van der Waals surface area contributed by atoms with Crippen LogP contribution < -0.4 is 5.32 Å². The van der Waals surface area contributed by atoms with Crippen LogP contribution in [0.1, 0.15) is 278 Å². The molecule has 0 aromatic heterocycles. The Hall–Kier alpha value is -0.950. The quantitative estimate of drug-likeness (QED) is 0.0361. The summed E-state index contributed by atoms with van der Waals surface area (Å²) in [6, 6.07) is 0. The van der Waals surface area contributed by atoms with E-state index < -0.39 is 6.10 Å². The molecule has 370 valence electrons. The van der Waals surface area contributed by atoms with Crippen LogP contribution in [-0.2, 0) is 9.53 Å². The normalized spacial score (nSPS) is 12.4. The van der Waals surface area contributed by atoms with Gasteiger partial charge in [0.05, 0.1) is 12.7 Å². The topological polar surface area (TPSA) is 65.0 Å². The first-order chi connectivity index (χ1) is 30.6. The maximum absolute atomic E-state index is 12.2. The first-order valence-electron chi connectivity index (χ1n) is 28.2. The van der Waals surface area contributed by atoms with Crippen molar-refractivity contribution in [1.29, 1.82) is 0 Å². The van der Waals surface area contributed by atoms with E-state index >= 15 is 0 Å². The standard InChI is InChI=1S/C56H113N3O3/c1-5-9-12-15-18-21-24-27-30-33-36-39-44-52-62-56(61)46-45-47-57-53-55(60)54-59(50-41-38-35-32-29-26-23-20-17-14-11-7-3)51-43-42-49-58(8-4)48-40-37-34-31-28-25-22-19-16-13-10-6-2/h45-46,55,57,60H,5-44,47-54H2,1-4H3/b46-45+. The largest absolute Gasteiger partial charge is 0.463 e. The van der Waals surface area contributed by atoms with Gasteiger partial charge in [-0.25, -0.2) is 4.79 Å².